The second kappa shape index (κ2) is 7.48. The highest BCUT2D eigenvalue weighted by Crippen LogP contribution is 2.45. The Morgan fingerprint density at radius 2 is 1.83 bits per heavy atom. The molecule has 1 aliphatic heterocycles. The molecule has 6 nitrogen and oxygen atoms in total. The fourth-order valence-electron chi connectivity index (χ4n) is 4.45. The molecule has 0 atom stereocenters. The summed E-state index contributed by atoms with van der Waals surface area (Å²) in [6.45, 7) is 9.10. The lowest BCUT2D eigenvalue weighted by Gasteiger charge is -2.31. The molecule has 1 saturated heterocycles. The number of carbonyl (C=O) groups is 2. The van der Waals surface area contributed by atoms with E-state index in [-0.39, 0.29) is 17.0 Å². The van der Waals surface area contributed by atoms with E-state index in [2.05, 4.69) is 4.85 Å². The standard InChI is InChI=1S/C23H19ClN4O2/c1-15-19(10-7-17(13-25)20(15)24)28-21(29)23(11-3-4-12-23)27(22(28)30)14-16-5-8-18(26-2)9-6-16/h5-10H,3-4,11-12,14H2,1H3. The van der Waals surface area contributed by atoms with E-state index in [1.165, 1.54) is 11.0 Å². The van der Waals surface area contributed by atoms with Crippen molar-refractivity contribution >= 4 is 34.9 Å². The van der Waals surface area contributed by atoms with E-state index in [4.69, 9.17) is 18.2 Å². The van der Waals surface area contributed by atoms with Crippen molar-refractivity contribution in [1.82, 2.24) is 4.90 Å². The molecule has 1 aliphatic carbocycles. The molecule has 1 spiro atoms. The Bertz CT molecular complexity index is 1120. The number of amides is 3. The van der Waals surface area contributed by atoms with Crippen LogP contribution in [0.5, 0.6) is 0 Å². The van der Waals surface area contributed by atoms with Crippen LogP contribution in [0.2, 0.25) is 5.02 Å². The molecule has 1 heterocycles. The van der Waals surface area contributed by atoms with Crippen molar-refractivity contribution in [3.8, 4) is 6.07 Å². The third-order valence-corrected chi connectivity index (χ3v) is 6.58. The van der Waals surface area contributed by atoms with Gasteiger partial charge in [0, 0.05) is 6.54 Å². The zero-order valence-electron chi connectivity index (χ0n) is 16.5. The SMILES string of the molecule is [C-]#[N+]c1ccc(CN2C(=O)N(c3ccc(C#N)c(Cl)c3C)C(=O)C23CCCC3)cc1. The molecule has 3 amide bonds. The number of benzene rings is 2. The minimum atomic E-state index is -0.859. The predicted molar refractivity (Wildman–Crippen MR) is 113 cm³/mol. The largest absolute Gasteiger partial charge is 0.332 e. The first kappa shape index (κ1) is 19.9. The van der Waals surface area contributed by atoms with Gasteiger partial charge in [-0.2, -0.15) is 5.26 Å². The highest BCUT2D eigenvalue weighted by molar-refractivity contribution is 6.33. The van der Waals surface area contributed by atoms with E-state index in [1.807, 2.05) is 18.2 Å². The Hall–Kier alpha value is -3.35. The maximum atomic E-state index is 13.6. The minimum absolute atomic E-state index is 0.230. The van der Waals surface area contributed by atoms with Crippen molar-refractivity contribution in [2.75, 3.05) is 4.90 Å². The summed E-state index contributed by atoms with van der Waals surface area (Å²) in [6, 6.07) is 11.9. The van der Waals surface area contributed by atoms with Gasteiger partial charge in [0.05, 0.1) is 22.8 Å². The van der Waals surface area contributed by atoms with Gasteiger partial charge in [0.25, 0.3) is 5.91 Å². The van der Waals surface area contributed by atoms with Gasteiger partial charge in [0.2, 0.25) is 0 Å². The van der Waals surface area contributed by atoms with Gasteiger partial charge in [-0.3, -0.25) is 4.79 Å². The average molecular weight is 419 g/mol. The number of hydrogen-bond acceptors (Lipinski definition) is 3. The number of nitrogens with zero attached hydrogens (tertiary/aromatic N) is 4. The first-order chi connectivity index (χ1) is 14.4. The van der Waals surface area contributed by atoms with Crippen LogP contribution in [-0.4, -0.2) is 22.4 Å². The molecule has 2 aliphatic rings. The maximum absolute atomic E-state index is 13.6. The van der Waals surface area contributed by atoms with Gasteiger partial charge >= 0.3 is 6.03 Å². The van der Waals surface area contributed by atoms with Crippen LogP contribution in [0, 0.1) is 24.8 Å². The van der Waals surface area contributed by atoms with E-state index in [0.717, 1.165) is 18.4 Å². The van der Waals surface area contributed by atoms with Crippen molar-refractivity contribution in [2.45, 2.75) is 44.7 Å². The first-order valence-corrected chi connectivity index (χ1v) is 10.1. The normalized spacial score (nSPS) is 17.5. The molecule has 7 heteroatoms. The maximum Gasteiger partial charge on any atom is 0.332 e. The van der Waals surface area contributed by atoms with Gasteiger partial charge in [-0.25, -0.2) is 14.5 Å². The molecule has 0 aromatic heterocycles. The van der Waals surface area contributed by atoms with Gasteiger partial charge < -0.3 is 4.90 Å². The van der Waals surface area contributed by atoms with Crippen LogP contribution in [0.1, 0.15) is 42.4 Å². The van der Waals surface area contributed by atoms with Crippen molar-refractivity contribution in [1.29, 1.82) is 5.26 Å². The second-order valence-electron chi connectivity index (χ2n) is 7.71. The fourth-order valence-corrected chi connectivity index (χ4v) is 4.65. The lowest BCUT2D eigenvalue weighted by atomic mass is 9.94. The summed E-state index contributed by atoms with van der Waals surface area (Å²) < 4.78 is 0. The van der Waals surface area contributed by atoms with Gasteiger partial charge in [-0.1, -0.05) is 48.7 Å². The molecule has 2 aromatic carbocycles. The molecule has 2 fully saturated rings. The molecular weight excluding hydrogens is 400 g/mol. The Labute approximate surface area is 180 Å². The Morgan fingerprint density at radius 3 is 2.43 bits per heavy atom. The van der Waals surface area contributed by atoms with Crippen LogP contribution in [0.25, 0.3) is 4.85 Å². The van der Waals surface area contributed by atoms with E-state index in [9.17, 15) is 14.9 Å². The smallest absolute Gasteiger partial charge is 0.305 e. The van der Waals surface area contributed by atoms with Crippen LogP contribution in [0.3, 0.4) is 0 Å². The van der Waals surface area contributed by atoms with Crippen LogP contribution in [-0.2, 0) is 11.3 Å². The molecule has 150 valence electrons. The lowest BCUT2D eigenvalue weighted by Crippen LogP contribution is -2.46. The molecular formula is C23H19ClN4O2. The summed E-state index contributed by atoms with van der Waals surface area (Å²) >= 11 is 6.31. The van der Waals surface area contributed by atoms with Gasteiger partial charge in [0.1, 0.15) is 11.6 Å². The third kappa shape index (κ3) is 2.93. The van der Waals surface area contributed by atoms with Crippen LogP contribution in [0.15, 0.2) is 36.4 Å². The summed E-state index contributed by atoms with van der Waals surface area (Å²) in [5, 5.41) is 9.46. The van der Waals surface area contributed by atoms with Crippen molar-refractivity contribution < 1.29 is 9.59 Å². The summed E-state index contributed by atoms with van der Waals surface area (Å²) in [4.78, 5) is 33.4. The quantitative estimate of drug-likeness (QED) is 0.498. The van der Waals surface area contributed by atoms with Crippen LogP contribution in [0.4, 0.5) is 16.2 Å². The second-order valence-corrected chi connectivity index (χ2v) is 8.09. The number of halogens is 1. The Morgan fingerprint density at radius 1 is 1.17 bits per heavy atom. The lowest BCUT2D eigenvalue weighted by molar-refractivity contribution is -0.124. The molecule has 2 aromatic rings. The van der Waals surface area contributed by atoms with E-state index >= 15 is 0 Å². The number of urea groups is 1. The average Bonchev–Trinajstić information content (AvgIpc) is 3.32. The molecule has 30 heavy (non-hydrogen) atoms. The number of anilines is 1. The van der Waals surface area contributed by atoms with E-state index in [1.54, 1.807) is 30.0 Å². The van der Waals surface area contributed by atoms with Gasteiger partial charge in [-0.15, -0.1) is 0 Å². The van der Waals surface area contributed by atoms with Crippen LogP contribution < -0.4 is 4.90 Å². The highest BCUT2D eigenvalue weighted by Gasteiger charge is 2.58. The third-order valence-electron chi connectivity index (χ3n) is 6.10. The molecule has 4 rings (SSSR count). The molecule has 0 N–H and O–H groups in total. The summed E-state index contributed by atoms with van der Waals surface area (Å²) in [7, 11) is 0. The summed E-state index contributed by atoms with van der Waals surface area (Å²) in [5.74, 6) is -0.230. The summed E-state index contributed by atoms with van der Waals surface area (Å²) in [6.07, 6.45) is 3.01. The number of rotatable bonds is 3. The molecule has 0 radical (unpaired) electrons. The van der Waals surface area contributed by atoms with Crippen molar-refractivity contribution in [2.24, 2.45) is 0 Å². The zero-order valence-corrected chi connectivity index (χ0v) is 17.2. The molecule has 0 unspecified atom stereocenters. The topological polar surface area (TPSA) is 68.8 Å². The molecule has 0 bridgehead atoms. The highest BCUT2D eigenvalue weighted by atomic mass is 35.5. The fraction of sp³-hybridized carbons (Fsp3) is 0.304. The number of nitriles is 1. The number of hydrogen-bond donors (Lipinski definition) is 0. The van der Waals surface area contributed by atoms with E-state index in [0.29, 0.717) is 41.9 Å². The van der Waals surface area contributed by atoms with Gasteiger partial charge in [-0.05, 0) is 43.0 Å². The summed E-state index contributed by atoms with van der Waals surface area (Å²) in [5.41, 5.74) is 1.81. The Kier molecular flexibility index (Phi) is 4.97. The monoisotopic (exact) mass is 418 g/mol. The van der Waals surface area contributed by atoms with E-state index < -0.39 is 5.54 Å². The van der Waals surface area contributed by atoms with Crippen LogP contribution >= 0.6 is 11.6 Å². The Balaban J connectivity index is 1.75. The van der Waals surface area contributed by atoms with Crippen molar-refractivity contribution in [3.63, 3.8) is 0 Å². The number of imide groups is 1. The predicted octanol–water partition coefficient (Wildman–Crippen LogP) is 5.35. The first-order valence-electron chi connectivity index (χ1n) is 9.75. The van der Waals surface area contributed by atoms with Gasteiger partial charge in [0.15, 0.2) is 5.69 Å². The minimum Gasteiger partial charge on any atom is -0.305 e. The van der Waals surface area contributed by atoms with Crippen molar-refractivity contribution in [3.05, 3.63) is 69.5 Å². The number of carbonyl (C=O) groups excluding carboxylic acids is 2. The zero-order chi connectivity index (χ0) is 21.5. The molecule has 1 saturated carbocycles.